The highest BCUT2D eigenvalue weighted by atomic mass is 16.5. The summed E-state index contributed by atoms with van der Waals surface area (Å²) in [5.74, 6) is -0.0611. The van der Waals surface area contributed by atoms with Crippen LogP contribution in [-0.4, -0.2) is 32.0 Å². The van der Waals surface area contributed by atoms with Crippen LogP contribution in [0.4, 0.5) is 0 Å². The van der Waals surface area contributed by atoms with E-state index in [9.17, 15) is 9.59 Å². The Balaban J connectivity index is 2.82. The zero-order valence-electron chi connectivity index (χ0n) is 11.9. The molecule has 1 unspecified atom stereocenters. The van der Waals surface area contributed by atoms with Crippen molar-refractivity contribution in [3.63, 3.8) is 0 Å². The lowest BCUT2D eigenvalue weighted by Gasteiger charge is -2.14. The third-order valence-corrected chi connectivity index (χ3v) is 3.13. The van der Waals surface area contributed by atoms with Crippen LogP contribution in [0, 0.1) is 0 Å². The molecule has 1 atom stereocenters. The lowest BCUT2D eigenvalue weighted by molar-refractivity contribution is -0.140. The van der Waals surface area contributed by atoms with Gasteiger partial charge in [0, 0.05) is 5.56 Å². The van der Waals surface area contributed by atoms with Gasteiger partial charge in [-0.25, -0.2) is 0 Å². The summed E-state index contributed by atoms with van der Waals surface area (Å²) in [5, 5.41) is 2.85. The minimum absolute atomic E-state index is 0.0394. The number of hydrogen-bond acceptors (Lipinski definition) is 4. The van der Waals surface area contributed by atoms with Crippen molar-refractivity contribution in [2.75, 3.05) is 14.2 Å². The highest BCUT2D eigenvalue weighted by Crippen LogP contribution is 2.16. The normalized spacial score (nSPS) is 12.3. The third kappa shape index (κ3) is 4.17. The standard InChI is InChI=1S/C15H21NO3/c1-10(2)11-5-7-12(8-6-11)15(18)13(16-3)9-14(17)19-4/h5-8,10,13,16H,9H2,1-4H3. The average Bonchev–Trinajstić information content (AvgIpc) is 2.43. The van der Waals surface area contributed by atoms with E-state index in [1.165, 1.54) is 12.7 Å². The van der Waals surface area contributed by atoms with Gasteiger partial charge in [0.15, 0.2) is 5.78 Å². The first-order valence-corrected chi connectivity index (χ1v) is 6.37. The number of ketones is 1. The molecule has 0 saturated heterocycles. The summed E-state index contributed by atoms with van der Waals surface area (Å²) in [7, 11) is 2.98. The van der Waals surface area contributed by atoms with Gasteiger partial charge < -0.3 is 10.1 Å². The first-order chi connectivity index (χ1) is 8.99. The molecule has 0 saturated carbocycles. The van der Waals surface area contributed by atoms with Crippen LogP contribution in [0.3, 0.4) is 0 Å². The van der Waals surface area contributed by atoms with Crippen molar-refractivity contribution < 1.29 is 14.3 Å². The summed E-state index contributed by atoms with van der Waals surface area (Å²) in [6, 6.07) is 6.96. The van der Waals surface area contributed by atoms with Gasteiger partial charge in [-0.1, -0.05) is 38.1 Å². The number of nitrogens with one attached hydrogen (secondary N) is 1. The second-order valence-corrected chi connectivity index (χ2v) is 4.76. The Morgan fingerprint density at radius 1 is 1.21 bits per heavy atom. The Morgan fingerprint density at radius 2 is 1.79 bits per heavy atom. The summed E-state index contributed by atoms with van der Waals surface area (Å²) < 4.78 is 4.59. The molecule has 0 aliphatic rings. The molecule has 0 aliphatic carbocycles. The molecule has 0 fully saturated rings. The fourth-order valence-electron chi connectivity index (χ4n) is 1.81. The van der Waals surface area contributed by atoms with Gasteiger partial charge in [-0.3, -0.25) is 9.59 Å². The molecule has 4 heteroatoms. The van der Waals surface area contributed by atoms with Crippen LogP contribution >= 0.6 is 0 Å². The number of carbonyl (C=O) groups is 2. The molecule has 1 aromatic rings. The highest BCUT2D eigenvalue weighted by molar-refractivity contribution is 6.01. The van der Waals surface area contributed by atoms with Crippen molar-refractivity contribution in [2.45, 2.75) is 32.2 Å². The Morgan fingerprint density at radius 3 is 2.21 bits per heavy atom. The van der Waals surface area contributed by atoms with Gasteiger partial charge in [0.25, 0.3) is 0 Å². The maximum absolute atomic E-state index is 12.2. The first kappa shape index (κ1) is 15.4. The fraction of sp³-hybridized carbons (Fsp3) is 0.467. The largest absolute Gasteiger partial charge is 0.469 e. The van der Waals surface area contributed by atoms with Gasteiger partial charge in [-0.15, -0.1) is 0 Å². The maximum atomic E-state index is 12.2. The predicted molar refractivity (Wildman–Crippen MR) is 74.3 cm³/mol. The molecule has 1 N–H and O–H groups in total. The minimum Gasteiger partial charge on any atom is -0.469 e. The number of methoxy groups -OCH3 is 1. The maximum Gasteiger partial charge on any atom is 0.307 e. The third-order valence-electron chi connectivity index (χ3n) is 3.13. The summed E-state index contributed by atoms with van der Waals surface area (Å²) in [4.78, 5) is 23.5. The number of ether oxygens (including phenoxy) is 1. The predicted octanol–water partition coefficient (Wildman–Crippen LogP) is 2.14. The average molecular weight is 263 g/mol. The van der Waals surface area contributed by atoms with Crippen LogP contribution in [-0.2, 0) is 9.53 Å². The van der Waals surface area contributed by atoms with E-state index >= 15 is 0 Å². The Labute approximate surface area is 114 Å². The van der Waals surface area contributed by atoms with Crippen LogP contribution in [0.15, 0.2) is 24.3 Å². The van der Waals surface area contributed by atoms with Gasteiger partial charge in [0.2, 0.25) is 0 Å². The van der Waals surface area contributed by atoms with Gasteiger partial charge >= 0.3 is 5.97 Å². The number of carbonyl (C=O) groups excluding carboxylic acids is 2. The topological polar surface area (TPSA) is 55.4 Å². The van der Waals surface area contributed by atoms with Crippen molar-refractivity contribution in [3.05, 3.63) is 35.4 Å². The molecule has 0 bridgehead atoms. The van der Waals surface area contributed by atoms with Crippen molar-refractivity contribution in [1.82, 2.24) is 5.32 Å². The van der Waals surface area contributed by atoms with Crippen molar-refractivity contribution in [1.29, 1.82) is 0 Å². The molecule has 0 amide bonds. The molecular weight excluding hydrogens is 242 g/mol. The summed E-state index contributed by atoms with van der Waals surface area (Å²) in [6.45, 7) is 4.20. The van der Waals surface area contributed by atoms with Crippen molar-refractivity contribution in [3.8, 4) is 0 Å². The van der Waals surface area contributed by atoms with Gasteiger partial charge in [-0.05, 0) is 18.5 Å². The minimum atomic E-state index is -0.544. The van der Waals surface area contributed by atoms with Crippen LogP contribution in [0.1, 0.15) is 42.1 Å². The molecule has 1 aromatic carbocycles. The van der Waals surface area contributed by atoms with E-state index < -0.39 is 12.0 Å². The zero-order valence-corrected chi connectivity index (χ0v) is 11.9. The molecule has 4 nitrogen and oxygen atoms in total. The van der Waals surface area contributed by atoms with Gasteiger partial charge in [-0.2, -0.15) is 0 Å². The quantitative estimate of drug-likeness (QED) is 0.631. The Hall–Kier alpha value is -1.68. The number of Topliss-reactive ketones (excluding diaryl/α,β-unsaturated/α-hetero) is 1. The summed E-state index contributed by atoms with van der Waals surface area (Å²) in [5.41, 5.74) is 1.79. The second-order valence-electron chi connectivity index (χ2n) is 4.76. The molecule has 19 heavy (non-hydrogen) atoms. The van der Waals surface area contributed by atoms with Crippen LogP contribution in [0.5, 0.6) is 0 Å². The van der Waals surface area contributed by atoms with Crippen molar-refractivity contribution >= 4 is 11.8 Å². The van der Waals surface area contributed by atoms with Crippen LogP contribution in [0.2, 0.25) is 0 Å². The molecule has 0 heterocycles. The van der Waals surface area contributed by atoms with Crippen LogP contribution in [0.25, 0.3) is 0 Å². The Bertz CT molecular complexity index is 437. The monoisotopic (exact) mass is 263 g/mol. The van der Waals surface area contributed by atoms with Gasteiger partial charge in [0.1, 0.15) is 0 Å². The van der Waals surface area contributed by atoms with Gasteiger partial charge in [0.05, 0.1) is 19.6 Å². The van der Waals surface area contributed by atoms with E-state index in [0.717, 1.165) is 0 Å². The SMILES string of the molecule is CNC(CC(=O)OC)C(=O)c1ccc(C(C)C)cc1. The number of rotatable bonds is 6. The fourth-order valence-corrected chi connectivity index (χ4v) is 1.81. The molecule has 1 rings (SSSR count). The smallest absolute Gasteiger partial charge is 0.307 e. The van der Waals surface area contributed by atoms with Crippen LogP contribution < -0.4 is 5.32 Å². The van der Waals surface area contributed by atoms with E-state index in [1.807, 2.05) is 12.1 Å². The number of hydrogen-bond donors (Lipinski definition) is 1. The number of esters is 1. The van der Waals surface area contributed by atoms with Crippen molar-refractivity contribution in [2.24, 2.45) is 0 Å². The lowest BCUT2D eigenvalue weighted by atomic mass is 9.97. The van der Waals surface area contributed by atoms with E-state index in [0.29, 0.717) is 11.5 Å². The molecule has 0 aliphatic heterocycles. The van der Waals surface area contributed by atoms with E-state index in [4.69, 9.17) is 0 Å². The highest BCUT2D eigenvalue weighted by Gasteiger charge is 2.21. The number of likely N-dealkylation sites (N-methyl/N-ethyl adjacent to an activating group) is 1. The molecule has 0 radical (unpaired) electrons. The first-order valence-electron chi connectivity index (χ1n) is 6.37. The summed E-state index contributed by atoms with van der Waals surface area (Å²) >= 11 is 0. The lowest BCUT2D eigenvalue weighted by Crippen LogP contribution is -2.36. The van der Waals surface area contributed by atoms with E-state index in [2.05, 4.69) is 23.9 Å². The molecule has 0 spiro atoms. The molecule has 104 valence electrons. The molecule has 0 aromatic heterocycles. The van der Waals surface area contributed by atoms with E-state index in [1.54, 1.807) is 19.2 Å². The molecular formula is C15H21NO3. The summed E-state index contributed by atoms with van der Waals surface area (Å²) in [6.07, 6.45) is 0.0394. The Kier molecular flexibility index (Phi) is 5.70. The second kappa shape index (κ2) is 7.04. The number of benzene rings is 1. The van der Waals surface area contributed by atoms with E-state index in [-0.39, 0.29) is 12.2 Å². The zero-order chi connectivity index (χ0) is 14.4.